The van der Waals surface area contributed by atoms with E-state index in [2.05, 4.69) is 61.4 Å². The lowest BCUT2D eigenvalue weighted by molar-refractivity contribution is 0.121. The van der Waals surface area contributed by atoms with Crippen LogP contribution in [0.4, 0.5) is 38.9 Å². The molecule has 5 aromatic carbocycles. The Labute approximate surface area is 243 Å². The lowest BCUT2D eigenvalue weighted by atomic mass is 10.0. The van der Waals surface area contributed by atoms with Gasteiger partial charge in [0.05, 0.1) is 41.2 Å². The first-order valence-corrected chi connectivity index (χ1v) is 13.3. The second-order valence-corrected chi connectivity index (χ2v) is 9.56. The standard InChI is InChI=1S/C33H28N6O3/c1-22(2)23-8-10-24(11-9-23)34-35-25-12-14-26(15-13-25)36-38-31-20-21-32(30-7-5-4-6-29(30)31)39-37-27-16-18-28(19-17-27)42-33(40)41-3/h4-22H,1-3H3/b35-34+,38-36+,39-37+. The molecule has 0 aromatic heterocycles. The summed E-state index contributed by atoms with van der Waals surface area (Å²) in [6, 6.07) is 33.7. The summed E-state index contributed by atoms with van der Waals surface area (Å²) < 4.78 is 9.48. The van der Waals surface area contributed by atoms with E-state index >= 15 is 0 Å². The van der Waals surface area contributed by atoms with Crippen LogP contribution in [0.5, 0.6) is 5.75 Å². The molecule has 0 radical (unpaired) electrons. The van der Waals surface area contributed by atoms with E-state index < -0.39 is 6.16 Å². The lowest BCUT2D eigenvalue weighted by Crippen LogP contribution is -2.06. The van der Waals surface area contributed by atoms with Crippen LogP contribution in [0.2, 0.25) is 0 Å². The van der Waals surface area contributed by atoms with Gasteiger partial charge in [0.1, 0.15) is 5.75 Å². The second kappa shape index (κ2) is 13.2. The fourth-order valence-corrected chi connectivity index (χ4v) is 4.01. The molecule has 0 saturated carbocycles. The number of fused-ring (bicyclic) bond motifs is 1. The molecule has 5 aromatic rings. The molecule has 0 N–H and O–H groups in total. The predicted octanol–water partition coefficient (Wildman–Crippen LogP) is 11.4. The maximum absolute atomic E-state index is 11.3. The summed E-state index contributed by atoms with van der Waals surface area (Å²) in [5.41, 5.74) is 5.51. The van der Waals surface area contributed by atoms with E-state index in [1.807, 2.05) is 72.8 Å². The first-order valence-electron chi connectivity index (χ1n) is 13.3. The average Bonchev–Trinajstić information content (AvgIpc) is 3.03. The van der Waals surface area contributed by atoms with Gasteiger partial charge in [-0.15, -0.1) is 10.2 Å². The molecule has 5 rings (SSSR count). The van der Waals surface area contributed by atoms with Gasteiger partial charge in [-0.05, 0) is 84.3 Å². The van der Waals surface area contributed by atoms with Crippen LogP contribution >= 0.6 is 0 Å². The van der Waals surface area contributed by atoms with Crippen molar-refractivity contribution in [2.45, 2.75) is 19.8 Å². The Hall–Kier alpha value is -5.57. The first kappa shape index (κ1) is 28.0. The van der Waals surface area contributed by atoms with E-state index in [-0.39, 0.29) is 0 Å². The van der Waals surface area contributed by atoms with Crippen LogP contribution in [0.3, 0.4) is 0 Å². The number of ether oxygens (including phenoxy) is 2. The first-order chi connectivity index (χ1) is 20.5. The normalized spacial score (nSPS) is 11.7. The van der Waals surface area contributed by atoms with Gasteiger partial charge in [-0.1, -0.05) is 50.2 Å². The Morgan fingerprint density at radius 2 is 0.952 bits per heavy atom. The molecule has 42 heavy (non-hydrogen) atoms. The number of hydrogen-bond donors (Lipinski definition) is 0. The maximum Gasteiger partial charge on any atom is 0.513 e. The highest BCUT2D eigenvalue weighted by molar-refractivity contribution is 5.99. The van der Waals surface area contributed by atoms with Crippen molar-refractivity contribution >= 4 is 51.1 Å². The molecule has 0 saturated heterocycles. The zero-order chi connectivity index (χ0) is 29.3. The third-order valence-corrected chi connectivity index (χ3v) is 6.32. The van der Waals surface area contributed by atoms with Crippen molar-refractivity contribution in [1.29, 1.82) is 0 Å². The SMILES string of the molecule is COC(=O)Oc1ccc(/N=N/c2ccc(/N=N/c3ccc(/N=N/c4ccc(C(C)C)cc4)cc3)c3ccccc23)cc1. The molecular weight excluding hydrogens is 528 g/mol. The summed E-state index contributed by atoms with van der Waals surface area (Å²) in [4.78, 5) is 11.3. The third kappa shape index (κ3) is 7.14. The van der Waals surface area contributed by atoms with Crippen LogP contribution in [-0.4, -0.2) is 13.3 Å². The third-order valence-electron chi connectivity index (χ3n) is 6.32. The molecule has 0 spiro atoms. The summed E-state index contributed by atoms with van der Waals surface area (Å²) >= 11 is 0. The second-order valence-electron chi connectivity index (χ2n) is 9.56. The van der Waals surface area contributed by atoms with Gasteiger partial charge < -0.3 is 9.47 Å². The molecule has 0 heterocycles. The number of rotatable bonds is 8. The van der Waals surface area contributed by atoms with E-state index in [0.29, 0.717) is 34.4 Å². The van der Waals surface area contributed by atoms with Gasteiger partial charge >= 0.3 is 6.16 Å². The molecule has 0 aliphatic heterocycles. The van der Waals surface area contributed by atoms with Crippen molar-refractivity contribution < 1.29 is 14.3 Å². The zero-order valence-electron chi connectivity index (χ0n) is 23.4. The van der Waals surface area contributed by atoms with Crippen molar-refractivity contribution in [2.24, 2.45) is 30.7 Å². The van der Waals surface area contributed by atoms with Gasteiger partial charge in [0.15, 0.2) is 0 Å². The Morgan fingerprint density at radius 1 is 0.548 bits per heavy atom. The Bertz CT molecular complexity index is 1760. The lowest BCUT2D eigenvalue weighted by Gasteiger charge is -2.05. The van der Waals surface area contributed by atoms with Crippen LogP contribution in [0.15, 0.2) is 140 Å². The number of methoxy groups -OCH3 is 1. The van der Waals surface area contributed by atoms with Crippen molar-refractivity contribution in [3.8, 4) is 5.75 Å². The van der Waals surface area contributed by atoms with E-state index in [1.165, 1.54) is 12.7 Å². The summed E-state index contributed by atoms with van der Waals surface area (Å²) in [7, 11) is 1.25. The van der Waals surface area contributed by atoms with Gasteiger partial charge in [-0.25, -0.2) is 4.79 Å². The van der Waals surface area contributed by atoms with Crippen molar-refractivity contribution in [2.75, 3.05) is 7.11 Å². The van der Waals surface area contributed by atoms with E-state index in [9.17, 15) is 4.79 Å². The van der Waals surface area contributed by atoms with Crippen molar-refractivity contribution in [3.05, 3.63) is 115 Å². The summed E-state index contributed by atoms with van der Waals surface area (Å²) in [6.45, 7) is 4.33. The fraction of sp³-hybridized carbons (Fsp3) is 0.121. The molecule has 0 fully saturated rings. The van der Waals surface area contributed by atoms with Gasteiger partial charge in [-0.2, -0.15) is 20.5 Å². The predicted molar refractivity (Wildman–Crippen MR) is 163 cm³/mol. The number of hydrogen-bond acceptors (Lipinski definition) is 9. The molecular formula is C33H28N6O3. The van der Waals surface area contributed by atoms with E-state index in [4.69, 9.17) is 4.74 Å². The highest BCUT2D eigenvalue weighted by Crippen LogP contribution is 2.35. The number of carbonyl (C=O) groups excluding carboxylic acids is 1. The smallest absolute Gasteiger partial charge is 0.437 e. The Kier molecular flexibility index (Phi) is 8.79. The van der Waals surface area contributed by atoms with Gasteiger partial charge in [0.25, 0.3) is 0 Å². The molecule has 0 aliphatic carbocycles. The zero-order valence-corrected chi connectivity index (χ0v) is 23.4. The van der Waals surface area contributed by atoms with Crippen molar-refractivity contribution in [1.82, 2.24) is 0 Å². The minimum Gasteiger partial charge on any atom is -0.437 e. The number of nitrogens with zero attached hydrogens (tertiary/aromatic N) is 6. The molecule has 9 nitrogen and oxygen atoms in total. The average molecular weight is 557 g/mol. The van der Waals surface area contributed by atoms with Crippen LogP contribution in [0.1, 0.15) is 25.3 Å². The van der Waals surface area contributed by atoms with E-state index in [1.54, 1.807) is 24.3 Å². The maximum atomic E-state index is 11.3. The highest BCUT2D eigenvalue weighted by atomic mass is 16.7. The Morgan fingerprint density at radius 3 is 1.38 bits per heavy atom. The largest absolute Gasteiger partial charge is 0.513 e. The van der Waals surface area contributed by atoms with E-state index in [0.717, 1.165) is 22.1 Å². The minimum absolute atomic E-state index is 0.354. The van der Waals surface area contributed by atoms with Crippen LogP contribution < -0.4 is 4.74 Å². The summed E-state index contributed by atoms with van der Waals surface area (Å²) in [5.74, 6) is 0.832. The van der Waals surface area contributed by atoms with Gasteiger partial charge in [0, 0.05) is 10.8 Å². The fourth-order valence-electron chi connectivity index (χ4n) is 4.01. The summed E-state index contributed by atoms with van der Waals surface area (Å²) in [5, 5.41) is 28.1. The molecule has 0 bridgehead atoms. The van der Waals surface area contributed by atoms with Crippen LogP contribution in [0, 0.1) is 0 Å². The van der Waals surface area contributed by atoms with Crippen LogP contribution in [0.25, 0.3) is 10.8 Å². The van der Waals surface area contributed by atoms with Crippen LogP contribution in [-0.2, 0) is 4.74 Å². The number of carbonyl (C=O) groups is 1. The topological polar surface area (TPSA) is 110 Å². The summed E-state index contributed by atoms with van der Waals surface area (Å²) in [6.07, 6.45) is -0.782. The molecule has 0 unspecified atom stereocenters. The quantitative estimate of drug-likeness (QED) is 0.108. The molecule has 0 aliphatic rings. The molecule has 0 amide bonds. The minimum atomic E-state index is -0.782. The molecule has 9 heteroatoms. The highest BCUT2D eigenvalue weighted by Gasteiger charge is 2.07. The van der Waals surface area contributed by atoms with Gasteiger partial charge in [0.2, 0.25) is 0 Å². The van der Waals surface area contributed by atoms with Gasteiger partial charge in [-0.3, -0.25) is 0 Å². The van der Waals surface area contributed by atoms with Crippen molar-refractivity contribution in [3.63, 3.8) is 0 Å². The monoisotopic (exact) mass is 556 g/mol. The number of benzene rings is 5. The number of azo groups is 3. The Balaban J connectivity index is 1.28. The molecule has 0 atom stereocenters. The molecule has 208 valence electrons.